The molecule has 0 aliphatic heterocycles. The normalized spacial score (nSPS) is 10.5. The summed E-state index contributed by atoms with van der Waals surface area (Å²) in [5.41, 5.74) is 2.73. The fourth-order valence-corrected chi connectivity index (χ4v) is 2.22. The van der Waals surface area contributed by atoms with Crippen molar-refractivity contribution in [3.8, 4) is 6.07 Å². The molecule has 0 aliphatic carbocycles. The first kappa shape index (κ1) is 11.4. The van der Waals surface area contributed by atoms with E-state index >= 15 is 0 Å². The van der Waals surface area contributed by atoms with E-state index < -0.39 is 0 Å². The number of hydrogen-bond donors (Lipinski definition) is 0. The lowest BCUT2D eigenvalue weighted by Gasteiger charge is -2.02. The van der Waals surface area contributed by atoms with Crippen molar-refractivity contribution in [3.63, 3.8) is 0 Å². The summed E-state index contributed by atoms with van der Waals surface area (Å²) in [6.07, 6.45) is 4.24. The van der Waals surface area contributed by atoms with Crippen LogP contribution in [0.1, 0.15) is 18.4 Å². The molecule has 4 heteroatoms. The number of imidazole rings is 1. The summed E-state index contributed by atoms with van der Waals surface area (Å²) < 4.78 is 3.32. The average Bonchev–Trinajstić information content (AvgIpc) is 2.72. The number of fused-ring (bicyclic) bond motifs is 1. The van der Waals surface area contributed by atoms with E-state index in [0.29, 0.717) is 5.56 Å². The van der Waals surface area contributed by atoms with Crippen molar-refractivity contribution in [1.82, 2.24) is 9.55 Å². The highest BCUT2D eigenvalue weighted by atomic mass is 127. The molecule has 0 saturated heterocycles. The monoisotopic (exact) mass is 325 g/mol. The molecular weight excluding hydrogens is 313 g/mol. The molecule has 0 unspecified atom stereocenters. The Morgan fingerprint density at radius 3 is 3.00 bits per heavy atom. The fraction of sp³-hybridized carbons (Fsp3) is 0.333. The minimum absolute atomic E-state index is 0.697. The topological polar surface area (TPSA) is 41.6 Å². The summed E-state index contributed by atoms with van der Waals surface area (Å²) in [4.78, 5) is 4.32. The number of nitrogens with zero attached hydrogens (tertiary/aromatic N) is 3. The molecule has 3 nitrogen and oxygen atoms in total. The van der Waals surface area contributed by atoms with Gasteiger partial charge in [-0.05, 0) is 35.5 Å². The molecule has 0 radical (unpaired) electrons. The van der Waals surface area contributed by atoms with Gasteiger partial charge in [-0.1, -0.05) is 22.6 Å². The molecule has 1 aromatic carbocycles. The van der Waals surface area contributed by atoms with Crippen molar-refractivity contribution in [3.05, 3.63) is 30.1 Å². The fourth-order valence-electron chi connectivity index (χ4n) is 1.68. The summed E-state index contributed by atoms with van der Waals surface area (Å²) in [6, 6.07) is 7.79. The minimum Gasteiger partial charge on any atom is -0.331 e. The van der Waals surface area contributed by atoms with Crippen LogP contribution in [0.4, 0.5) is 0 Å². The smallest absolute Gasteiger partial charge is 0.0992 e. The summed E-state index contributed by atoms with van der Waals surface area (Å²) >= 11 is 2.39. The van der Waals surface area contributed by atoms with Crippen LogP contribution in [-0.4, -0.2) is 14.0 Å². The predicted octanol–water partition coefficient (Wildman–Crippen LogP) is 3.12. The van der Waals surface area contributed by atoms with Crippen molar-refractivity contribution in [2.24, 2.45) is 0 Å². The molecule has 0 spiro atoms. The second-order valence-electron chi connectivity index (χ2n) is 3.65. The number of unbranched alkanes of at least 4 members (excludes halogenated alkanes) is 1. The van der Waals surface area contributed by atoms with Gasteiger partial charge in [0.1, 0.15) is 0 Å². The van der Waals surface area contributed by atoms with E-state index in [1.807, 2.05) is 24.5 Å². The highest BCUT2D eigenvalue weighted by Crippen LogP contribution is 2.15. The van der Waals surface area contributed by atoms with Crippen LogP contribution in [0.25, 0.3) is 11.0 Å². The molecule has 0 saturated carbocycles. The van der Waals surface area contributed by atoms with Crippen LogP contribution in [0.5, 0.6) is 0 Å². The Morgan fingerprint density at radius 2 is 2.25 bits per heavy atom. The molecule has 1 aromatic heterocycles. The Morgan fingerprint density at radius 1 is 1.38 bits per heavy atom. The number of alkyl halides is 1. The third-order valence-corrected chi connectivity index (χ3v) is 3.30. The average molecular weight is 325 g/mol. The number of halogens is 1. The lowest BCUT2D eigenvalue weighted by atomic mass is 10.2. The number of benzene rings is 1. The predicted molar refractivity (Wildman–Crippen MR) is 72.6 cm³/mol. The van der Waals surface area contributed by atoms with Gasteiger partial charge in [0.25, 0.3) is 0 Å². The standard InChI is InChI=1S/C12H12IN3/c13-5-1-2-6-16-9-15-11-4-3-10(8-14)7-12(11)16/h3-4,7,9H,1-2,5-6H2. The molecule has 0 fully saturated rings. The van der Waals surface area contributed by atoms with Gasteiger partial charge in [-0.15, -0.1) is 0 Å². The van der Waals surface area contributed by atoms with Crippen molar-refractivity contribution < 1.29 is 0 Å². The van der Waals surface area contributed by atoms with Crippen LogP contribution in [0.2, 0.25) is 0 Å². The van der Waals surface area contributed by atoms with Gasteiger partial charge in [0, 0.05) is 6.54 Å². The molecule has 0 atom stereocenters. The highest BCUT2D eigenvalue weighted by Gasteiger charge is 2.03. The third-order valence-electron chi connectivity index (χ3n) is 2.53. The van der Waals surface area contributed by atoms with Crippen LogP contribution in [0.3, 0.4) is 0 Å². The minimum atomic E-state index is 0.697. The highest BCUT2D eigenvalue weighted by molar-refractivity contribution is 14.1. The zero-order chi connectivity index (χ0) is 11.4. The summed E-state index contributed by atoms with van der Waals surface area (Å²) in [5, 5.41) is 8.86. The Bertz CT molecular complexity index is 525. The van der Waals surface area contributed by atoms with Crippen molar-refractivity contribution in [2.45, 2.75) is 19.4 Å². The molecule has 1 heterocycles. The number of aromatic nitrogens is 2. The molecule has 0 bridgehead atoms. The molecule has 0 aliphatic rings. The first-order valence-corrected chi connectivity index (χ1v) is 6.78. The van der Waals surface area contributed by atoms with Gasteiger partial charge < -0.3 is 4.57 Å². The molecular formula is C12H12IN3. The first-order chi connectivity index (χ1) is 7.85. The number of aryl methyl sites for hydroxylation is 1. The third kappa shape index (κ3) is 2.35. The van der Waals surface area contributed by atoms with Crippen LogP contribution < -0.4 is 0 Å². The van der Waals surface area contributed by atoms with E-state index in [4.69, 9.17) is 5.26 Å². The van der Waals surface area contributed by atoms with E-state index in [1.165, 1.54) is 10.8 Å². The quantitative estimate of drug-likeness (QED) is 0.492. The Balaban J connectivity index is 2.28. The summed E-state index contributed by atoms with van der Waals surface area (Å²) in [5.74, 6) is 0. The van der Waals surface area contributed by atoms with Crippen LogP contribution in [-0.2, 0) is 6.54 Å². The van der Waals surface area contributed by atoms with Crippen molar-refractivity contribution in [2.75, 3.05) is 4.43 Å². The number of nitriles is 1. The maximum atomic E-state index is 8.86. The van der Waals surface area contributed by atoms with E-state index in [9.17, 15) is 0 Å². The zero-order valence-electron chi connectivity index (χ0n) is 8.86. The molecule has 2 aromatic rings. The van der Waals surface area contributed by atoms with Gasteiger partial charge in [0.05, 0.1) is 29.0 Å². The SMILES string of the molecule is N#Cc1ccc2ncn(CCCCI)c2c1. The van der Waals surface area contributed by atoms with Gasteiger partial charge in [-0.2, -0.15) is 5.26 Å². The van der Waals surface area contributed by atoms with Crippen molar-refractivity contribution in [1.29, 1.82) is 5.26 Å². The maximum Gasteiger partial charge on any atom is 0.0992 e. The van der Waals surface area contributed by atoms with Gasteiger partial charge >= 0.3 is 0 Å². The van der Waals surface area contributed by atoms with Gasteiger partial charge in [0.2, 0.25) is 0 Å². The molecule has 2 rings (SSSR count). The van der Waals surface area contributed by atoms with Gasteiger partial charge in [-0.25, -0.2) is 4.98 Å². The number of hydrogen-bond acceptors (Lipinski definition) is 2. The van der Waals surface area contributed by atoms with Crippen LogP contribution >= 0.6 is 22.6 Å². The van der Waals surface area contributed by atoms with Crippen LogP contribution in [0, 0.1) is 11.3 Å². The van der Waals surface area contributed by atoms with E-state index in [1.54, 1.807) is 0 Å². The second-order valence-corrected chi connectivity index (χ2v) is 4.73. The lowest BCUT2D eigenvalue weighted by molar-refractivity contribution is 0.652. The van der Waals surface area contributed by atoms with Gasteiger partial charge in [0.15, 0.2) is 0 Å². The summed E-state index contributed by atoms with van der Waals surface area (Å²) in [6.45, 7) is 0.981. The Kier molecular flexibility index (Phi) is 3.78. The Labute approximate surface area is 108 Å². The second kappa shape index (κ2) is 5.30. The lowest BCUT2D eigenvalue weighted by Crippen LogP contribution is -1.96. The largest absolute Gasteiger partial charge is 0.331 e. The zero-order valence-corrected chi connectivity index (χ0v) is 11.0. The molecule has 0 amide bonds. The Hall–Kier alpha value is -1.09. The maximum absolute atomic E-state index is 8.86. The number of rotatable bonds is 4. The molecule has 0 N–H and O–H groups in total. The summed E-state index contributed by atoms with van der Waals surface area (Å²) in [7, 11) is 0. The molecule has 16 heavy (non-hydrogen) atoms. The van der Waals surface area contributed by atoms with Gasteiger partial charge in [-0.3, -0.25) is 0 Å². The van der Waals surface area contributed by atoms with Crippen LogP contribution in [0.15, 0.2) is 24.5 Å². The first-order valence-electron chi connectivity index (χ1n) is 5.26. The van der Waals surface area contributed by atoms with E-state index in [2.05, 4.69) is 38.2 Å². The van der Waals surface area contributed by atoms with E-state index in [-0.39, 0.29) is 0 Å². The molecule has 82 valence electrons. The van der Waals surface area contributed by atoms with Crippen molar-refractivity contribution >= 4 is 33.6 Å². The van der Waals surface area contributed by atoms with E-state index in [0.717, 1.165) is 24.0 Å².